The molecule has 1 fully saturated rings. The summed E-state index contributed by atoms with van der Waals surface area (Å²) >= 11 is 0. The van der Waals surface area contributed by atoms with Gasteiger partial charge in [0, 0.05) is 24.2 Å². The van der Waals surface area contributed by atoms with E-state index in [0.717, 1.165) is 35.9 Å². The van der Waals surface area contributed by atoms with E-state index < -0.39 is 0 Å². The summed E-state index contributed by atoms with van der Waals surface area (Å²) in [6.07, 6.45) is 3.88. The topological polar surface area (TPSA) is 29.5 Å². The van der Waals surface area contributed by atoms with Crippen molar-refractivity contribution < 1.29 is 9.53 Å². The third kappa shape index (κ3) is 4.31. The van der Waals surface area contributed by atoms with Crippen LogP contribution in [-0.4, -0.2) is 30.4 Å². The number of Topliss-reactive ketones (excluding diaryl/α,β-unsaturated/α-hetero) is 1. The first-order chi connectivity index (χ1) is 10.1. The fraction of sp³-hybridized carbons (Fsp3) is 0.611. The number of ether oxygens (including phenoxy) is 1. The molecule has 3 heteroatoms. The Morgan fingerprint density at radius 1 is 1.38 bits per heavy atom. The van der Waals surface area contributed by atoms with Crippen molar-refractivity contribution in [2.24, 2.45) is 5.92 Å². The predicted octanol–water partition coefficient (Wildman–Crippen LogP) is 3.91. The number of nitrogens with zero attached hydrogens (tertiary/aromatic N) is 1. The number of hydrogen-bond donors (Lipinski definition) is 0. The molecule has 1 aliphatic rings. The highest BCUT2D eigenvalue weighted by molar-refractivity contribution is 5.94. The molecule has 0 radical (unpaired) electrons. The lowest BCUT2D eigenvalue weighted by atomic mass is 10.0. The van der Waals surface area contributed by atoms with Gasteiger partial charge in [0.1, 0.15) is 5.75 Å². The zero-order valence-corrected chi connectivity index (χ0v) is 13.5. The first-order valence-corrected chi connectivity index (χ1v) is 8.13. The van der Waals surface area contributed by atoms with Gasteiger partial charge in [0.05, 0.1) is 6.61 Å². The third-order valence-corrected chi connectivity index (χ3v) is 4.23. The minimum Gasteiger partial charge on any atom is -0.494 e. The van der Waals surface area contributed by atoms with Gasteiger partial charge in [-0.25, -0.2) is 0 Å². The molecule has 2 rings (SSSR count). The molecule has 1 aliphatic heterocycles. The lowest BCUT2D eigenvalue weighted by Crippen LogP contribution is -2.21. The van der Waals surface area contributed by atoms with E-state index in [9.17, 15) is 4.79 Å². The lowest BCUT2D eigenvalue weighted by Gasteiger charge is -2.19. The Labute approximate surface area is 128 Å². The summed E-state index contributed by atoms with van der Waals surface area (Å²) in [7, 11) is 0. The molecule has 21 heavy (non-hydrogen) atoms. The minimum absolute atomic E-state index is 0.115. The number of benzene rings is 1. The number of carbonyl (C=O) groups excluding carboxylic acids is 1. The molecule has 1 aromatic carbocycles. The van der Waals surface area contributed by atoms with Crippen LogP contribution in [-0.2, 0) is 6.54 Å². The number of ketones is 1. The average Bonchev–Trinajstić information content (AvgIpc) is 2.88. The van der Waals surface area contributed by atoms with Gasteiger partial charge in [-0.3, -0.25) is 9.69 Å². The second-order valence-corrected chi connectivity index (χ2v) is 5.99. The van der Waals surface area contributed by atoms with Gasteiger partial charge in [0.2, 0.25) is 0 Å². The first kappa shape index (κ1) is 16.0. The molecule has 1 atom stereocenters. The second kappa shape index (κ2) is 7.60. The fourth-order valence-electron chi connectivity index (χ4n) is 3.16. The Hall–Kier alpha value is -1.35. The van der Waals surface area contributed by atoms with Gasteiger partial charge in [0.25, 0.3) is 0 Å². The maximum absolute atomic E-state index is 11.6. The van der Waals surface area contributed by atoms with Gasteiger partial charge in [0.15, 0.2) is 5.78 Å². The highest BCUT2D eigenvalue weighted by Gasteiger charge is 2.22. The molecule has 0 spiro atoms. The molecule has 1 aromatic rings. The van der Waals surface area contributed by atoms with Crippen LogP contribution < -0.4 is 4.74 Å². The van der Waals surface area contributed by atoms with Crippen LogP contribution in [0.4, 0.5) is 0 Å². The van der Waals surface area contributed by atoms with Crippen LogP contribution in [0.5, 0.6) is 5.75 Å². The molecule has 0 aromatic heterocycles. The van der Waals surface area contributed by atoms with Gasteiger partial charge in [-0.1, -0.05) is 13.3 Å². The Kier molecular flexibility index (Phi) is 5.80. The molecule has 0 bridgehead atoms. The molecule has 3 nitrogen and oxygen atoms in total. The molecular formula is C18H27NO2. The molecular weight excluding hydrogens is 262 g/mol. The van der Waals surface area contributed by atoms with E-state index >= 15 is 0 Å². The Balaban J connectivity index is 2.10. The summed E-state index contributed by atoms with van der Waals surface area (Å²) in [6.45, 7) is 9.74. The van der Waals surface area contributed by atoms with Gasteiger partial charge in [-0.15, -0.1) is 0 Å². The van der Waals surface area contributed by atoms with E-state index in [0.29, 0.717) is 6.61 Å². The molecule has 0 aliphatic carbocycles. The molecule has 1 heterocycles. The molecule has 1 saturated heterocycles. The van der Waals surface area contributed by atoms with Crippen molar-refractivity contribution in [2.45, 2.75) is 46.6 Å². The van der Waals surface area contributed by atoms with E-state index in [1.165, 1.54) is 25.8 Å². The summed E-state index contributed by atoms with van der Waals surface area (Å²) in [4.78, 5) is 14.1. The number of likely N-dealkylation sites (tertiary alicyclic amines) is 1. The highest BCUT2D eigenvalue weighted by atomic mass is 16.5. The van der Waals surface area contributed by atoms with Crippen LogP contribution in [0.1, 0.15) is 56.0 Å². The predicted molar refractivity (Wildman–Crippen MR) is 85.9 cm³/mol. The summed E-state index contributed by atoms with van der Waals surface area (Å²) in [5.41, 5.74) is 1.92. The molecule has 116 valence electrons. The van der Waals surface area contributed by atoms with Crippen molar-refractivity contribution in [3.05, 3.63) is 29.3 Å². The van der Waals surface area contributed by atoms with Crippen LogP contribution in [0, 0.1) is 5.92 Å². The Morgan fingerprint density at radius 2 is 2.19 bits per heavy atom. The average molecular weight is 289 g/mol. The zero-order valence-electron chi connectivity index (χ0n) is 13.5. The minimum atomic E-state index is 0.115. The standard InChI is InChI=1S/C18H27NO2/c1-4-6-15-9-10-19(12-15)13-17-11-16(14(3)20)7-8-18(17)21-5-2/h7-8,11,15H,4-6,9-10,12-13H2,1-3H3. The third-order valence-electron chi connectivity index (χ3n) is 4.23. The van der Waals surface area contributed by atoms with Crippen molar-refractivity contribution in [3.63, 3.8) is 0 Å². The number of hydrogen-bond acceptors (Lipinski definition) is 3. The highest BCUT2D eigenvalue weighted by Crippen LogP contribution is 2.27. The van der Waals surface area contributed by atoms with Crippen LogP contribution in [0.3, 0.4) is 0 Å². The SMILES string of the molecule is CCCC1CCN(Cc2cc(C(C)=O)ccc2OCC)C1. The maximum Gasteiger partial charge on any atom is 0.159 e. The van der Waals surface area contributed by atoms with Crippen molar-refractivity contribution in [2.75, 3.05) is 19.7 Å². The molecule has 0 N–H and O–H groups in total. The normalized spacial score (nSPS) is 18.9. The second-order valence-electron chi connectivity index (χ2n) is 5.99. The van der Waals surface area contributed by atoms with Gasteiger partial charge < -0.3 is 4.74 Å². The van der Waals surface area contributed by atoms with E-state index in [1.807, 2.05) is 25.1 Å². The van der Waals surface area contributed by atoms with Crippen LogP contribution >= 0.6 is 0 Å². The van der Waals surface area contributed by atoms with E-state index in [1.54, 1.807) is 6.92 Å². The van der Waals surface area contributed by atoms with Crippen LogP contribution in [0.25, 0.3) is 0 Å². The van der Waals surface area contributed by atoms with Crippen molar-refractivity contribution in [1.29, 1.82) is 0 Å². The Bertz CT molecular complexity index is 484. The first-order valence-electron chi connectivity index (χ1n) is 8.13. The van der Waals surface area contributed by atoms with Crippen LogP contribution in [0.2, 0.25) is 0 Å². The summed E-state index contributed by atoms with van der Waals surface area (Å²) in [6, 6.07) is 5.80. The molecule has 0 saturated carbocycles. The number of carbonyl (C=O) groups is 1. The van der Waals surface area contributed by atoms with Gasteiger partial charge >= 0.3 is 0 Å². The Morgan fingerprint density at radius 3 is 2.86 bits per heavy atom. The van der Waals surface area contributed by atoms with Gasteiger partial charge in [-0.2, -0.15) is 0 Å². The van der Waals surface area contributed by atoms with Crippen molar-refractivity contribution >= 4 is 5.78 Å². The van der Waals surface area contributed by atoms with Crippen molar-refractivity contribution in [3.8, 4) is 5.75 Å². The maximum atomic E-state index is 11.6. The quantitative estimate of drug-likeness (QED) is 0.713. The van der Waals surface area contributed by atoms with E-state index in [2.05, 4.69) is 11.8 Å². The monoisotopic (exact) mass is 289 g/mol. The van der Waals surface area contributed by atoms with Crippen molar-refractivity contribution in [1.82, 2.24) is 4.90 Å². The lowest BCUT2D eigenvalue weighted by molar-refractivity contribution is 0.101. The summed E-state index contributed by atoms with van der Waals surface area (Å²) in [5.74, 6) is 1.87. The number of rotatable bonds is 7. The molecule has 0 amide bonds. The summed E-state index contributed by atoms with van der Waals surface area (Å²) < 4.78 is 5.72. The van der Waals surface area contributed by atoms with Gasteiger partial charge in [-0.05, 0) is 57.4 Å². The molecule has 1 unspecified atom stereocenters. The summed E-state index contributed by atoms with van der Waals surface area (Å²) in [5, 5.41) is 0. The largest absolute Gasteiger partial charge is 0.494 e. The van der Waals surface area contributed by atoms with E-state index in [-0.39, 0.29) is 5.78 Å². The van der Waals surface area contributed by atoms with E-state index in [4.69, 9.17) is 4.74 Å². The van der Waals surface area contributed by atoms with Crippen LogP contribution in [0.15, 0.2) is 18.2 Å². The smallest absolute Gasteiger partial charge is 0.159 e. The fourth-order valence-corrected chi connectivity index (χ4v) is 3.16. The zero-order chi connectivity index (χ0) is 15.2.